The number of rotatable bonds is 2. The van der Waals surface area contributed by atoms with Gasteiger partial charge in [0.25, 0.3) is 0 Å². The molecule has 0 saturated carbocycles. The molecule has 0 aliphatic heterocycles. The average molecular weight is 285 g/mol. The second-order valence-corrected chi connectivity index (χ2v) is 6.44. The van der Waals surface area contributed by atoms with Crippen LogP contribution in [-0.2, 0) is 0 Å². The first-order valence-corrected chi connectivity index (χ1v) is 7.12. The van der Waals surface area contributed by atoms with Crippen LogP contribution in [0.5, 0.6) is 0 Å². The Morgan fingerprint density at radius 1 is 1.00 bits per heavy atom. The predicted octanol–water partition coefficient (Wildman–Crippen LogP) is 6.15. The molecule has 17 heavy (non-hydrogen) atoms. The third-order valence-corrected chi connectivity index (χ3v) is 4.67. The number of aryl methyl sites for hydroxylation is 1. The molecule has 0 spiro atoms. The number of hydrogen-bond acceptors (Lipinski definition) is 1. The molecule has 0 unspecified atom stereocenters. The van der Waals surface area contributed by atoms with Crippen molar-refractivity contribution in [2.45, 2.75) is 26.7 Å². The maximum absolute atomic E-state index is 6.36. The van der Waals surface area contributed by atoms with E-state index >= 15 is 0 Å². The van der Waals surface area contributed by atoms with Gasteiger partial charge in [-0.1, -0.05) is 49.2 Å². The molecule has 2 rings (SSSR count). The Morgan fingerprint density at radius 3 is 2.24 bits per heavy atom. The van der Waals surface area contributed by atoms with Gasteiger partial charge in [-0.25, -0.2) is 0 Å². The predicted molar refractivity (Wildman–Crippen MR) is 78.6 cm³/mol. The SMILES string of the molecule is Cc1ccc(-c2ccc(C(C)C)c(Cl)c2Cl)s1. The number of thiophene rings is 1. The minimum absolute atomic E-state index is 0.388. The summed E-state index contributed by atoms with van der Waals surface area (Å²) in [5.41, 5.74) is 2.13. The van der Waals surface area contributed by atoms with Gasteiger partial charge in [0.15, 0.2) is 0 Å². The molecule has 3 heteroatoms. The minimum Gasteiger partial charge on any atom is -0.141 e. The zero-order chi connectivity index (χ0) is 12.6. The zero-order valence-electron chi connectivity index (χ0n) is 10.1. The maximum atomic E-state index is 6.36. The van der Waals surface area contributed by atoms with Crippen LogP contribution >= 0.6 is 34.5 Å². The summed E-state index contributed by atoms with van der Waals surface area (Å²) >= 11 is 14.4. The van der Waals surface area contributed by atoms with Gasteiger partial charge < -0.3 is 0 Å². The smallest absolute Gasteiger partial charge is 0.0681 e. The first kappa shape index (κ1) is 12.9. The van der Waals surface area contributed by atoms with E-state index in [0.717, 1.165) is 11.1 Å². The lowest BCUT2D eigenvalue weighted by Crippen LogP contribution is -1.90. The molecule has 0 N–H and O–H groups in total. The van der Waals surface area contributed by atoms with Gasteiger partial charge in [-0.3, -0.25) is 0 Å². The van der Waals surface area contributed by atoms with E-state index < -0.39 is 0 Å². The Hall–Kier alpha value is -0.500. The molecule has 0 amide bonds. The van der Waals surface area contributed by atoms with Gasteiger partial charge in [0.1, 0.15) is 0 Å². The molecule has 1 heterocycles. The normalized spacial score (nSPS) is 11.2. The van der Waals surface area contributed by atoms with Gasteiger partial charge in [0.2, 0.25) is 0 Å². The topological polar surface area (TPSA) is 0 Å². The first-order valence-electron chi connectivity index (χ1n) is 5.55. The van der Waals surface area contributed by atoms with Crippen LogP contribution in [0.2, 0.25) is 10.0 Å². The Labute approximate surface area is 116 Å². The standard InChI is InChI=1S/C14H14Cl2S/c1-8(2)10-5-6-11(14(16)13(10)15)12-7-4-9(3)17-12/h4-8H,1-3H3. The number of benzene rings is 1. The highest BCUT2D eigenvalue weighted by Gasteiger charge is 2.14. The van der Waals surface area contributed by atoms with Crippen molar-refractivity contribution >= 4 is 34.5 Å². The van der Waals surface area contributed by atoms with Crippen molar-refractivity contribution in [2.75, 3.05) is 0 Å². The molecule has 0 bridgehead atoms. The third-order valence-electron chi connectivity index (χ3n) is 2.74. The largest absolute Gasteiger partial charge is 0.141 e. The van der Waals surface area contributed by atoms with Gasteiger partial charge in [-0.05, 0) is 30.5 Å². The lowest BCUT2D eigenvalue weighted by Gasteiger charge is -2.12. The molecule has 0 aliphatic rings. The zero-order valence-corrected chi connectivity index (χ0v) is 12.4. The van der Waals surface area contributed by atoms with Crippen LogP contribution in [0.25, 0.3) is 10.4 Å². The van der Waals surface area contributed by atoms with Crippen LogP contribution in [0, 0.1) is 6.92 Å². The summed E-state index contributed by atoms with van der Waals surface area (Å²) in [5.74, 6) is 0.388. The molecule has 0 saturated heterocycles. The van der Waals surface area contributed by atoms with Crippen LogP contribution in [0.1, 0.15) is 30.2 Å². The molecule has 0 nitrogen and oxygen atoms in total. The molecule has 0 aliphatic carbocycles. The van der Waals surface area contributed by atoms with E-state index in [1.165, 1.54) is 9.75 Å². The molecule has 2 aromatic rings. The summed E-state index contributed by atoms with van der Waals surface area (Å²) in [6.45, 7) is 6.32. The Bertz CT molecular complexity index is 541. The highest BCUT2D eigenvalue weighted by Crippen LogP contribution is 2.40. The molecular weight excluding hydrogens is 271 g/mol. The Balaban J connectivity index is 2.55. The van der Waals surface area contributed by atoms with E-state index in [1.54, 1.807) is 11.3 Å². The van der Waals surface area contributed by atoms with Crippen LogP contribution in [0.3, 0.4) is 0 Å². The molecule has 0 atom stereocenters. The second kappa shape index (κ2) is 5.01. The van der Waals surface area contributed by atoms with Gasteiger partial charge in [0, 0.05) is 15.3 Å². The monoisotopic (exact) mass is 284 g/mol. The first-order chi connectivity index (χ1) is 8.00. The fourth-order valence-corrected chi connectivity index (χ4v) is 3.39. The van der Waals surface area contributed by atoms with Gasteiger partial charge in [0.05, 0.1) is 10.0 Å². The lowest BCUT2D eigenvalue weighted by molar-refractivity contribution is 0.867. The van der Waals surface area contributed by atoms with Crippen molar-refractivity contribution in [3.8, 4) is 10.4 Å². The quantitative estimate of drug-likeness (QED) is 0.620. The van der Waals surface area contributed by atoms with E-state index in [-0.39, 0.29) is 0 Å². The average Bonchev–Trinajstić information content (AvgIpc) is 2.68. The van der Waals surface area contributed by atoms with Crippen molar-refractivity contribution in [1.82, 2.24) is 0 Å². The summed E-state index contributed by atoms with van der Waals surface area (Å²) < 4.78 is 0. The molecule has 0 radical (unpaired) electrons. The van der Waals surface area contributed by atoms with E-state index in [1.807, 2.05) is 0 Å². The van der Waals surface area contributed by atoms with E-state index in [2.05, 4.69) is 45.0 Å². The Kier molecular flexibility index (Phi) is 3.82. The molecule has 90 valence electrons. The van der Waals surface area contributed by atoms with Crippen molar-refractivity contribution in [2.24, 2.45) is 0 Å². The number of halogens is 2. The highest BCUT2D eigenvalue weighted by atomic mass is 35.5. The van der Waals surface area contributed by atoms with Crippen molar-refractivity contribution in [3.05, 3.63) is 44.8 Å². The fourth-order valence-electron chi connectivity index (χ4n) is 1.78. The molecular formula is C14H14Cl2S. The van der Waals surface area contributed by atoms with Crippen LogP contribution in [0.4, 0.5) is 0 Å². The van der Waals surface area contributed by atoms with Crippen LogP contribution in [-0.4, -0.2) is 0 Å². The van der Waals surface area contributed by atoms with Crippen LogP contribution < -0.4 is 0 Å². The minimum atomic E-state index is 0.388. The highest BCUT2D eigenvalue weighted by molar-refractivity contribution is 7.15. The van der Waals surface area contributed by atoms with E-state index in [4.69, 9.17) is 23.2 Å². The van der Waals surface area contributed by atoms with Crippen molar-refractivity contribution < 1.29 is 0 Å². The third kappa shape index (κ3) is 2.52. The Morgan fingerprint density at radius 2 is 1.71 bits per heavy atom. The molecule has 0 fully saturated rings. The van der Waals surface area contributed by atoms with E-state index in [0.29, 0.717) is 16.0 Å². The molecule has 1 aromatic heterocycles. The second-order valence-electron chi connectivity index (χ2n) is 4.40. The molecule has 1 aromatic carbocycles. The summed E-state index contributed by atoms with van der Waals surface area (Å²) in [6.07, 6.45) is 0. The van der Waals surface area contributed by atoms with Gasteiger partial charge in [-0.2, -0.15) is 0 Å². The summed E-state index contributed by atoms with van der Waals surface area (Å²) in [7, 11) is 0. The fraction of sp³-hybridized carbons (Fsp3) is 0.286. The van der Waals surface area contributed by atoms with Gasteiger partial charge in [-0.15, -0.1) is 11.3 Å². The van der Waals surface area contributed by atoms with Crippen LogP contribution in [0.15, 0.2) is 24.3 Å². The summed E-state index contributed by atoms with van der Waals surface area (Å²) in [5, 5.41) is 1.35. The lowest BCUT2D eigenvalue weighted by atomic mass is 10.0. The van der Waals surface area contributed by atoms with Gasteiger partial charge >= 0.3 is 0 Å². The van der Waals surface area contributed by atoms with E-state index in [9.17, 15) is 0 Å². The maximum Gasteiger partial charge on any atom is 0.0681 e. The van der Waals surface area contributed by atoms with Crippen molar-refractivity contribution in [1.29, 1.82) is 0 Å². The number of hydrogen-bond donors (Lipinski definition) is 0. The van der Waals surface area contributed by atoms with Crippen molar-refractivity contribution in [3.63, 3.8) is 0 Å². The summed E-state index contributed by atoms with van der Waals surface area (Å²) in [6, 6.07) is 8.32. The summed E-state index contributed by atoms with van der Waals surface area (Å²) in [4.78, 5) is 2.45.